The molecule has 2 aromatic carbocycles. The molecule has 0 aliphatic rings. The Morgan fingerprint density at radius 3 is 2.50 bits per heavy atom. The normalized spacial score (nSPS) is 10.4. The topological polar surface area (TPSA) is 66.9 Å². The summed E-state index contributed by atoms with van der Waals surface area (Å²) in [6.45, 7) is 2.45. The van der Waals surface area contributed by atoms with E-state index in [0.717, 1.165) is 5.56 Å². The molecule has 0 radical (unpaired) electrons. The summed E-state index contributed by atoms with van der Waals surface area (Å²) in [6, 6.07) is 16.2. The smallest absolute Gasteiger partial charge is 0.254 e. The van der Waals surface area contributed by atoms with E-state index in [4.69, 9.17) is 0 Å². The van der Waals surface area contributed by atoms with E-state index in [2.05, 4.69) is 20.6 Å². The van der Waals surface area contributed by atoms with E-state index in [1.807, 2.05) is 30.3 Å². The van der Waals surface area contributed by atoms with E-state index in [1.54, 1.807) is 25.1 Å². The molecule has 3 aromatic rings. The van der Waals surface area contributed by atoms with Gasteiger partial charge in [-0.15, -0.1) is 0 Å². The van der Waals surface area contributed by atoms with Gasteiger partial charge in [0.05, 0.1) is 11.3 Å². The average Bonchev–Trinajstić information content (AvgIpc) is 2.66. The van der Waals surface area contributed by atoms with Crippen LogP contribution >= 0.6 is 0 Å². The number of aryl methyl sites for hydroxylation is 1. The molecule has 6 heteroatoms. The lowest BCUT2D eigenvalue weighted by atomic mass is 10.2. The zero-order valence-electron chi connectivity index (χ0n) is 14.4. The molecular formula is C20H19FN4O. The molecule has 0 aliphatic carbocycles. The number of aromatic nitrogens is 2. The second-order valence-corrected chi connectivity index (χ2v) is 5.81. The Labute approximate surface area is 151 Å². The maximum Gasteiger partial charge on any atom is 0.254 e. The van der Waals surface area contributed by atoms with Crippen LogP contribution in [0.1, 0.15) is 27.2 Å². The Morgan fingerprint density at radius 1 is 1.04 bits per heavy atom. The number of halogens is 1. The monoisotopic (exact) mass is 350 g/mol. The first-order chi connectivity index (χ1) is 12.6. The summed E-state index contributed by atoms with van der Waals surface area (Å²) >= 11 is 0. The summed E-state index contributed by atoms with van der Waals surface area (Å²) in [5, 5.41) is 5.82. The summed E-state index contributed by atoms with van der Waals surface area (Å²) in [4.78, 5) is 20.8. The highest BCUT2D eigenvalue weighted by atomic mass is 19.1. The maximum atomic E-state index is 13.6. The molecule has 3 rings (SSSR count). The van der Waals surface area contributed by atoms with Crippen molar-refractivity contribution in [1.29, 1.82) is 0 Å². The molecule has 0 unspecified atom stereocenters. The molecule has 0 fully saturated rings. The number of anilines is 1. The Morgan fingerprint density at radius 2 is 1.77 bits per heavy atom. The highest BCUT2D eigenvalue weighted by molar-refractivity contribution is 5.94. The summed E-state index contributed by atoms with van der Waals surface area (Å²) in [7, 11) is 0. The van der Waals surface area contributed by atoms with Gasteiger partial charge in [-0.25, -0.2) is 14.4 Å². The predicted octanol–water partition coefficient (Wildman–Crippen LogP) is 3.47. The number of benzene rings is 2. The van der Waals surface area contributed by atoms with Crippen LogP contribution in [-0.2, 0) is 13.1 Å². The first kappa shape index (κ1) is 17.5. The number of rotatable bonds is 6. The Hall–Kier alpha value is -3.28. The quantitative estimate of drug-likeness (QED) is 0.714. The minimum absolute atomic E-state index is 0.230. The van der Waals surface area contributed by atoms with E-state index in [0.29, 0.717) is 29.3 Å². The molecule has 0 saturated heterocycles. The molecule has 5 nitrogen and oxygen atoms in total. The van der Waals surface area contributed by atoms with Crippen LogP contribution in [0.25, 0.3) is 0 Å². The zero-order chi connectivity index (χ0) is 18.4. The second kappa shape index (κ2) is 8.20. The number of nitrogens with zero attached hydrogens (tertiary/aromatic N) is 2. The van der Waals surface area contributed by atoms with Gasteiger partial charge in [-0.1, -0.05) is 48.5 Å². The Balaban J connectivity index is 1.61. The minimum Gasteiger partial charge on any atom is -0.350 e. The number of nitrogens with one attached hydrogen (secondary N) is 2. The summed E-state index contributed by atoms with van der Waals surface area (Å²) < 4.78 is 13.6. The minimum atomic E-state index is -0.284. The van der Waals surface area contributed by atoms with Crippen molar-refractivity contribution < 1.29 is 9.18 Å². The lowest BCUT2D eigenvalue weighted by Gasteiger charge is -2.10. The van der Waals surface area contributed by atoms with Gasteiger partial charge in [-0.05, 0) is 18.6 Å². The molecule has 26 heavy (non-hydrogen) atoms. The molecule has 0 aliphatic heterocycles. The number of carbonyl (C=O) groups is 1. The van der Waals surface area contributed by atoms with Crippen LogP contribution in [0.15, 0.2) is 60.8 Å². The molecule has 0 saturated carbocycles. The van der Waals surface area contributed by atoms with Crippen LogP contribution in [0, 0.1) is 12.7 Å². The number of amides is 1. The van der Waals surface area contributed by atoms with Crippen molar-refractivity contribution in [3.63, 3.8) is 0 Å². The number of hydrogen-bond acceptors (Lipinski definition) is 4. The van der Waals surface area contributed by atoms with E-state index in [9.17, 15) is 9.18 Å². The van der Waals surface area contributed by atoms with E-state index in [-0.39, 0.29) is 18.3 Å². The number of hydrogen-bond donors (Lipinski definition) is 2. The molecule has 0 atom stereocenters. The fourth-order valence-electron chi connectivity index (χ4n) is 2.46. The maximum absolute atomic E-state index is 13.6. The van der Waals surface area contributed by atoms with Crippen molar-refractivity contribution >= 4 is 11.9 Å². The molecule has 0 spiro atoms. The fraction of sp³-hybridized carbons (Fsp3) is 0.150. The first-order valence-electron chi connectivity index (χ1n) is 8.26. The van der Waals surface area contributed by atoms with Gasteiger partial charge in [0.2, 0.25) is 5.95 Å². The molecule has 1 amide bonds. The van der Waals surface area contributed by atoms with Crippen molar-refractivity contribution in [3.05, 3.63) is 89.0 Å². The summed E-state index contributed by atoms with van der Waals surface area (Å²) in [6.07, 6.45) is 1.48. The SMILES string of the molecule is Cc1nc(NCc2ccccc2F)ncc1C(=O)NCc1ccccc1. The van der Waals surface area contributed by atoms with Gasteiger partial charge in [0, 0.05) is 24.8 Å². The van der Waals surface area contributed by atoms with Gasteiger partial charge < -0.3 is 10.6 Å². The van der Waals surface area contributed by atoms with E-state index < -0.39 is 0 Å². The Kier molecular flexibility index (Phi) is 5.53. The van der Waals surface area contributed by atoms with Crippen LogP contribution in [0.2, 0.25) is 0 Å². The van der Waals surface area contributed by atoms with Gasteiger partial charge in [0.25, 0.3) is 5.91 Å². The van der Waals surface area contributed by atoms with Gasteiger partial charge in [0.15, 0.2) is 0 Å². The molecule has 2 N–H and O–H groups in total. The molecule has 1 heterocycles. The van der Waals surface area contributed by atoms with Crippen LogP contribution in [0.4, 0.5) is 10.3 Å². The second-order valence-electron chi connectivity index (χ2n) is 5.81. The number of carbonyl (C=O) groups excluding carboxylic acids is 1. The van der Waals surface area contributed by atoms with Gasteiger partial charge in [0.1, 0.15) is 5.82 Å². The third-order valence-electron chi connectivity index (χ3n) is 3.91. The molecular weight excluding hydrogens is 331 g/mol. The zero-order valence-corrected chi connectivity index (χ0v) is 14.4. The lowest BCUT2D eigenvalue weighted by molar-refractivity contribution is 0.0949. The molecule has 0 bridgehead atoms. The third kappa shape index (κ3) is 4.42. The van der Waals surface area contributed by atoms with Crippen molar-refractivity contribution in [3.8, 4) is 0 Å². The fourth-order valence-corrected chi connectivity index (χ4v) is 2.46. The van der Waals surface area contributed by atoms with Crippen molar-refractivity contribution in [1.82, 2.24) is 15.3 Å². The van der Waals surface area contributed by atoms with Gasteiger partial charge >= 0.3 is 0 Å². The van der Waals surface area contributed by atoms with Crippen molar-refractivity contribution in [2.24, 2.45) is 0 Å². The van der Waals surface area contributed by atoms with E-state index in [1.165, 1.54) is 12.3 Å². The highest BCUT2D eigenvalue weighted by Gasteiger charge is 2.12. The molecule has 1 aromatic heterocycles. The van der Waals surface area contributed by atoms with Crippen LogP contribution < -0.4 is 10.6 Å². The van der Waals surface area contributed by atoms with Crippen LogP contribution in [0.5, 0.6) is 0 Å². The van der Waals surface area contributed by atoms with Crippen LogP contribution in [0.3, 0.4) is 0 Å². The average molecular weight is 350 g/mol. The lowest BCUT2D eigenvalue weighted by Crippen LogP contribution is -2.24. The van der Waals surface area contributed by atoms with Crippen LogP contribution in [-0.4, -0.2) is 15.9 Å². The van der Waals surface area contributed by atoms with Gasteiger partial charge in [-0.3, -0.25) is 4.79 Å². The highest BCUT2D eigenvalue weighted by Crippen LogP contribution is 2.11. The van der Waals surface area contributed by atoms with Gasteiger partial charge in [-0.2, -0.15) is 0 Å². The first-order valence-corrected chi connectivity index (χ1v) is 8.26. The van der Waals surface area contributed by atoms with Crippen molar-refractivity contribution in [2.75, 3.05) is 5.32 Å². The third-order valence-corrected chi connectivity index (χ3v) is 3.91. The predicted molar refractivity (Wildman–Crippen MR) is 98.1 cm³/mol. The largest absolute Gasteiger partial charge is 0.350 e. The standard InChI is InChI=1S/C20H19FN4O/c1-14-17(19(26)22-11-15-7-3-2-4-8-15)13-24-20(25-14)23-12-16-9-5-6-10-18(16)21/h2-10,13H,11-12H2,1H3,(H,22,26)(H,23,24,25). The Bertz CT molecular complexity index is 899. The van der Waals surface area contributed by atoms with Crippen molar-refractivity contribution in [2.45, 2.75) is 20.0 Å². The molecule has 132 valence electrons. The van der Waals surface area contributed by atoms with E-state index >= 15 is 0 Å². The summed E-state index contributed by atoms with van der Waals surface area (Å²) in [5.41, 5.74) is 2.51. The summed E-state index contributed by atoms with van der Waals surface area (Å²) in [5.74, 6) is -0.161.